The summed E-state index contributed by atoms with van der Waals surface area (Å²) in [5, 5.41) is 23.4. The van der Waals surface area contributed by atoms with Crippen LogP contribution in [0.1, 0.15) is 12.5 Å². The van der Waals surface area contributed by atoms with Crippen LogP contribution in [-0.2, 0) is 0 Å². The fraction of sp³-hybridized carbons (Fsp3) is 0.211. The largest absolute Gasteiger partial charge is 0.394 e. The van der Waals surface area contributed by atoms with E-state index in [1.165, 1.54) is 0 Å². The van der Waals surface area contributed by atoms with Crippen LogP contribution in [0.4, 0.5) is 0 Å². The normalized spacial score (nSPS) is 12.5. The zero-order valence-corrected chi connectivity index (χ0v) is 12.5. The molecule has 3 aromatic carbocycles. The number of hydrogen-bond acceptors (Lipinski definition) is 3. The van der Waals surface area contributed by atoms with Crippen molar-refractivity contribution in [2.75, 3.05) is 13.2 Å². The van der Waals surface area contributed by atoms with Gasteiger partial charge in [0, 0.05) is 11.8 Å². The Balaban J connectivity index is 2.27. The van der Waals surface area contributed by atoms with E-state index in [1.54, 1.807) is 13.1 Å². The fourth-order valence-electron chi connectivity index (χ4n) is 2.54. The van der Waals surface area contributed by atoms with Crippen molar-refractivity contribution in [3.63, 3.8) is 0 Å². The summed E-state index contributed by atoms with van der Waals surface area (Å²) in [6, 6.07) is 18.5. The molecule has 0 aromatic heterocycles. The second-order valence-electron chi connectivity index (χ2n) is 5.80. The van der Waals surface area contributed by atoms with E-state index in [9.17, 15) is 10.2 Å². The first-order valence-electron chi connectivity index (χ1n) is 7.34. The molecule has 0 fully saturated rings. The van der Waals surface area contributed by atoms with E-state index in [0.29, 0.717) is 0 Å². The van der Waals surface area contributed by atoms with Crippen LogP contribution in [0.3, 0.4) is 0 Å². The standard InChI is InChI=1S/C19H19NO2/c1-19(12-21,13-22)20-11-18-16-8-4-2-6-14(16)10-15-7-3-5-9-17(15)18/h2-11,21-22H,12-13H2,1H3. The second kappa shape index (κ2) is 5.87. The lowest BCUT2D eigenvalue weighted by atomic mass is 9.97. The highest BCUT2D eigenvalue weighted by molar-refractivity contribution is 6.13. The molecule has 22 heavy (non-hydrogen) atoms. The Morgan fingerprint density at radius 2 is 1.41 bits per heavy atom. The van der Waals surface area contributed by atoms with Crippen molar-refractivity contribution in [3.05, 3.63) is 60.2 Å². The van der Waals surface area contributed by atoms with E-state index >= 15 is 0 Å². The summed E-state index contributed by atoms with van der Waals surface area (Å²) >= 11 is 0. The fourth-order valence-corrected chi connectivity index (χ4v) is 2.54. The zero-order chi connectivity index (χ0) is 15.6. The molecular weight excluding hydrogens is 274 g/mol. The van der Waals surface area contributed by atoms with Gasteiger partial charge in [-0.2, -0.15) is 0 Å². The Morgan fingerprint density at radius 1 is 0.909 bits per heavy atom. The van der Waals surface area contributed by atoms with Crippen LogP contribution in [0.15, 0.2) is 59.6 Å². The van der Waals surface area contributed by atoms with Gasteiger partial charge >= 0.3 is 0 Å². The molecule has 0 heterocycles. The molecule has 0 aliphatic rings. The molecule has 0 saturated carbocycles. The molecule has 3 aromatic rings. The topological polar surface area (TPSA) is 52.8 Å². The number of aliphatic hydroxyl groups is 2. The summed E-state index contributed by atoms with van der Waals surface area (Å²) in [5.74, 6) is 0. The van der Waals surface area contributed by atoms with Crippen molar-refractivity contribution in [2.24, 2.45) is 4.99 Å². The van der Waals surface area contributed by atoms with Crippen LogP contribution < -0.4 is 0 Å². The number of benzene rings is 3. The SMILES string of the molecule is CC(CO)(CO)N=Cc1c2ccccc2cc2ccccc12. The van der Waals surface area contributed by atoms with Crippen molar-refractivity contribution in [1.82, 2.24) is 0 Å². The van der Waals surface area contributed by atoms with Crippen LogP contribution in [0.25, 0.3) is 21.5 Å². The minimum atomic E-state index is -0.863. The van der Waals surface area contributed by atoms with Gasteiger partial charge in [-0.3, -0.25) is 4.99 Å². The minimum Gasteiger partial charge on any atom is -0.394 e. The molecule has 0 spiro atoms. The first kappa shape index (κ1) is 14.7. The van der Waals surface area contributed by atoms with Gasteiger partial charge < -0.3 is 10.2 Å². The smallest absolute Gasteiger partial charge is 0.104 e. The molecule has 3 rings (SSSR count). The summed E-state index contributed by atoms with van der Waals surface area (Å²) in [5.41, 5.74) is 0.153. The molecule has 0 atom stereocenters. The number of hydrogen-bond donors (Lipinski definition) is 2. The number of rotatable bonds is 4. The molecule has 3 heteroatoms. The molecule has 0 unspecified atom stereocenters. The molecule has 0 bridgehead atoms. The number of aliphatic imine (C=N–C) groups is 1. The van der Waals surface area contributed by atoms with Crippen LogP contribution >= 0.6 is 0 Å². The molecule has 112 valence electrons. The van der Waals surface area contributed by atoms with Gasteiger partial charge in [-0.05, 0) is 34.5 Å². The molecule has 2 N–H and O–H groups in total. The maximum atomic E-state index is 9.42. The van der Waals surface area contributed by atoms with Crippen molar-refractivity contribution < 1.29 is 10.2 Å². The first-order chi connectivity index (χ1) is 10.7. The van der Waals surface area contributed by atoms with E-state index < -0.39 is 5.54 Å². The second-order valence-corrected chi connectivity index (χ2v) is 5.80. The highest BCUT2D eigenvalue weighted by Gasteiger charge is 2.20. The Hall–Kier alpha value is -2.23. The average molecular weight is 293 g/mol. The Kier molecular flexibility index (Phi) is 3.92. The summed E-state index contributed by atoms with van der Waals surface area (Å²) in [6.45, 7) is 1.35. The highest BCUT2D eigenvalue weighted by Crippen LogP contribution is 2.27. The molecule has 3 nitrogen and oxygen atoms in total. The lowest BCUT2D eigenvalue weighted by molar-refractivity contribution is 0.136. The predicted molar refractivity (Wildman–Crippen MR) is 91.6 cm³/mol. The third kappa shape index (κ3) is 2.61. The maximum absolute atomic E-state index is 9.42. The molecule has 0 aliphatic heterocycles. The van der Waals surface area contributed by atoms with Crippen LogP contribution in [0.5, 0.6) is 0 Å². The van der Waals surface area contributed by atoms with Crippen LogP contribution in [0.2, 0.25) is 0 Å². The van der Waals surface area contributed by atoms with E-state index in [-0.39, 0.29) is 13.2 Å². The third-order valence-corrected chi connectivity index (χ3v) is 4.00. The molecule has 0 saturated heterocycles. The number of fused-ring (bicyclic) bond motifs is 2. The Labute approximate surface area is 129 Å². The molecule has 0 radical (unpaired) electrons. The lowest BCUT2D eigenvalue weighted by Gasteiger charge is -2.19. The van der Waals surface area contributed by atoms with E-state index in [0.717, 1.165) is 27.1 Å². The van der Waals surface area contributed by atoms with Crippen molar-refractivity contribution in [1.29, 1.82) is 0 Å². The van der Waals surface area contributed by atoms with Gasteiger partial charge in [-0.25, -0.2) is 0 Å². The molecule has 0 amide bonds. The van der Waals surface area contributed by atoms with Gasteiger partial charge in [0.05, 0.1) is 13.2 Å². The van der Waals surface area contributed by atoms with Crippen LogP contribution in [0, 0.1) is 0 Å². The van der Waals surface area contributed by atoms with Gasteiger partial charge in [0.15, 0.2) is 0 Å². The minimum absolute atomic E-state index is 0.192. The van der Waals surface area contributed by atoms with E-state index in [4.69, 9.17) is 0 Å². The Bertz CT molecular complexity index is 781. The van der Waals surface area contributed by atoms with E-state index in [1.807, 2.05) is 24.3 Å². The lowest BCUT2D eigenvalue weighted by Crippen LogP contribution is -2.31. The number of aliphatic hydroxyl groups excluding tert-OH is 2. The predicted octanol–water partition coefficient (Wildman–Crippen LogP) is 3.16. The maximum Gasteiger partial charge on any atom is 0.104 e. The average Bonchev–Trinajstić information content (AvgIpc) is 2.58. The zero-order valence-electron chi connectivity index (χ0n) is 12.5. The van der Waals surface area contributed by atoms with Crippen molar-refractivity contribution in [2.45, 2.75) is 12.5 Å². The van der Waals surface area contributed by atoms with Gasteiger partial charge in [-0.1, -0.05) is 48.5 Å². The van der Waals surface area contributed by atoms with E-state index in [2.05, 4.69) is 35.3 Å². The van der Waals surface area contributed by atoms with Gasteiger partial charge in [0.25, 0.3) is 0 Å². The molecule has 0 aliphatic carbocycles. The van der Waals surface area contributed by atoms with Gasteiger partial charge in [-0.15, -0.1) is 0 Å². The van der Waals surface area contributed by atoms with Crippen molar-refractivity contribution in [3.8, 4) is 0 Å². The number of nitrogens with zero attached hydrogens (tertiary/aromatic N) is 1. The third-order valence-electron chi connectivity index (χ3n) is 4.00. The monoisotopic (exact) mass is 293 g/mol. The summed E-state index contributed by atoms with van der Waals surface area (Å²) in [6.07, 6.45) is 1.77. The molecular formula is C19H19NO2. The summed E-state index contributed by atoms with van der Waals surface area (Å²) in [7, 11) is 0. The quantitative estimate of drug-likeness (QED) is 0.573. The highest BCUT2D eigenvalue weighted by atomic mass is 16.3. The van der Waals surface area contributed by atoms with Gasteiger partial charge in [0.2, 0.25) is 0 Å². The van der Waals surface area contributed by atoms with Gasteiger partial charge in [0.1, 0.15) is 5.54 Å². The summed E-state index contributed by atoms with van der Waals surface area (Å²) < 4.78 is 0. The summed E-state index contributed by atoms with van der Waals surface area (Å²) in [4.78, 5) is 4.44. The van der Waals surface area contributed by atoms with Crippen molar-refractivity contribution >= 4 is 27.8 Å². The first-order valence-corrected chi connectivity index (χ1v) is 7.34. The van der Waals surface area contributed by atoms with Crippen LogP contribution in [-0.4, -0.2) is 35.2 Å². The Morgan fingerprint density at radius 3 is 1.91 bits per heavy atom.